The molecule has 0 atom stereocenters. The number of amidine groups is 1. The molecule has 2 aromatic rings. The van der Waals surface area contributed by atoms with Gasteiger partial charge in [0.25, 0.3) is 5.91 Å². The van der Waals surface area contributed by atoms with Gasteiger partial charge in [0.1, 0.15) is 17.2 Å². The fraction of sp³-hybridized carbons (Fsp3) is 0.312. The molecule has 5 nitrogen and oxygen atoms in total. The standard InChI is InChI=1S/C16H18N4O/c1-16(2,3)15-19-12(14(21)20(15)4)8-10-9-18-13-11(10)6-5-7-17-13/h5-9H,1-4H3,(H,17,18)/b12-8-. The van der Waals surface area contributed by atoms with Crippen LogP contribution in [0.3, 0.4) is 0 Å². The van der Waals surface area contributed by atoms with Crippen LogP contribution in [0.25, 0.3) is 17.1 Å². The molecule has 108 valence electrons. The minimum atomic E-state index is -0.165. The molecule has 0 unspecified atom stereocenters. The Morgan fingerprint density at radius 2 is 2.10 bits per heavy atom. The lowest BCUT2D eigenvalue weighted by atomic mass is 9.94. The van der Waals surface area contributed by atoms with Gasteiger partial charge in [-0.3, -0.25) is 9.69 Å². The summed E-state index contributed by atoms with van der Waals surface area (Å²) in [7, 11) is 1.77. The number of carbonyl (C=O) groups excluding carboxylic acids is 1. The summed E-state index contributed by atoms with van der Waals surface area (Å²) in [5.41, 5.74) is 2.03. The number of hydrogen-bond acceptors (Lipinski definition) is 3. The lowest BCUT2D eigenvalue weighted by molar-refractivity contribution is -0.121. The summed E-state index contributed by atoms with van der Waals surface area (Å²) in [6.07, 6.45) is 5.40. The quantitative estimate of drug-likeness (QED) is 0.817. The van der Waals surface area contributed by atoms with E-state index in [0.717, 1.165) is 22.4 Å². The maximum absolute atomic E-state index is 12.3. The number of nitrogens with zero attached hydrogens (tertiary/aromatic N) is 3. The second-order valence-corrected chi connectivity index (χ2v) is 6.22. The summed E-state index contributed by atoms with van der Waals surface area (Å²) in [4.78, 5) is 25.8. The Labute approximate surface area is 123 Å². The van der Waals surface area contributed by atoms with Crippen molar-refractivity contribution in [3.8, 4) is 0 Å². The van der Waals surface area contributed by atoms with Crippen LogP contribution in [0.2, 0.25) is 0 Å². The SMILES string of the molecule is CN1C(=O)/C(=C/c2c[nH]c3ncccc23)N=C1C(C)(C)C. The third kappa shape index (κ3) is 2.24. The molecule has 3 heterocycles. The molecule has 0 aromatic carbocycles. The molecule has 1 aliphatic heterocycles. The van der Waals surface area contributed by atoms with Gasteiger partial charge in [-0.15, -0.1) is 0 Å². The molecule has 3 rings (SSSR count). The smallest absolute Gasteiger partial charge is 0.277 e. The molecule has 0 radical (unpaired) electrons. The Morgan fingerprint density at radius 1 is 1.33 bits per heavy atom. The van der Waals surface area contributed by atoms with Gasteiger partial charge < -0.3 is 4.98 Å². The van der Waals surface area contributed by atoms with Crippen LogP contribution in [-0.2, 0) is 4.79 Å². The number of aromatic nitrogens is 2. The van der Waals surface area contributed by atoms with E-state index in [-0.39, 0.29) is 11.3 Å². The van der Waals surface area contributed by atoms with Crippen molar-refractivity contribution in [1.29, 1.82) is 0 Å². The van der Waals surface area contributed by atoms with Gasteiger partial charge in [-0.05, 0) is 18.2 Å². The zero-order valence-electron chi connectivity index (χ0n) is 12.6. The molecule has 0 bridgehead atoms. The maximum Gasteiger partial charge on any atom is 0.277 e. The average molecular weight is 282 g/mol. The van der Waals surface area contributed by atoms with Crippen molar-refractivity contribution in [2.75, 3.05) is 7.05 Å². The molecule has 0 saturated heterocycles. The minimum absolute atomic E-state index is 0.0711. The Balaban J connectivity index is 2.08. The highest BCUT2D eigenvalue weighted by Crippen LogP contribution is 2.28. The number of carbonyl (C=O) groups is 1. The third-order valence-electron chi connectivity index (χ3n) is 3.51. The van der Waals surface area contributed by atoms with Crippen molar-refractivity contribution in [2.24, 2.45) is 10.4 Å². The molecule has 1 amide bonds. The van der Waals surface area contributed by atoms with Gasteiger partial charge in [0.15, 0.2) is 0 Å². The van der Waals surface area contributed by atoms with Gasteiger partial charge >= 0.3 is 0 Å². The van der Waals surface area contributed by atoms with E-state index in [0.29, 0.717) is 5.70 Å². The molecule has 1 aliphatic rings. The van der Waals surface area contributed by atoms with E-state index in [1.807, 2.05) is 45.2 Å². The molecular formula is C16H18N4O. The first-order valence-corrected chi connectivity index (χ1v) is 6.89. The van der Waals surface area contributed by atoms with Gasteiger partial charge in [0, 0.05) is 35.8 Å². The number of hydrogen-bond donors (Lipinski definition) is 1. The lowest BCUT2D eigenvalue weighted by Gasteiger charge is -2.23. The Bertz CT molecular complexity index is 777. The number of fused-ring (bicyclic) bond motifs is 1. The van der Waals surface area contributed by atoms with E-state index in [4.69, 9.17) is 0 Å². The number of aromatic amines is 1. The van der Waals surface area contributed by atoms with Crippen LogP contribution in [0.1, 0.15) is 26.3 Å². The van der Waals surface area contributed by atoms with Crippen LogP contribution >= 0.6 is 0 Å². The minimum Gasteiger partial charge on any atom is -0.346 e. The van der Waals surface area contributed by atoms with Crippen LogP contribution < -0.4 is 0 Å². The van der Waals surface area contributed by atoms with E-state index in [1.165, 1.54) is 0 Å². The highest BCUT2D eigenvalue weighted by atomic mass is 16.2. The number of rotatable bonds is 1. The summed E-state index contributed by atoms with van der Waals surface area (Å²) in [6, 6.07) is 3.85. The maximum atomic E-state index is 12.3. The zero-order chi connectivity index (χ0) is 15.2. The van der Waals surface area contributed by atoms with E-state index in [2.05, 4.69) is 15.0 Å². The van der Waals surface area contributed by atoms with Crippen molar-refractivity contribution >= 4 is 28.9 Å². The van der Waals surface area contributed by atoms with E-state index in [1.54, 1.807) is 18.1 Å². The van der Waals surface area contributed by atoms with Crippen molar-refractivity contribution in [3.05, 3.63) is 35.8 Å². The van der Waals surface area contributed by atoms with Gasteiger partial charge in [0.05, 0.1) is 0 Å². The van der Waals surface area contributed by atoms with Crippen molar-refractivity contribution in [3.63, 3.8) is 0 Å². The molecule has 21 heavy (non-hydrogen) atoms. The number of likely N-dealkylation sites (N-methyl/N-ethyl adjacent to an activating group) is 1. The highest BCUT2D eigenvalue weighted by Gasteiger charge is 2.34. The van der Waals surface area contributed by atoms with Crippen molar-refractivity contribution < 1.29 is 4.79 Å². The molecular weight excluding hydrogens is 264 g/mol. The Morgan fingerprint density at radius 3 is 2.76 bits per heavy atom. The average Bonchev–Trinajstić information content (AvgIpc) is 2.95. The van der Waals surface area contributed by atoms with E-state index >= 15 is 0 Å². The first kappa shape index (κ1) is 13.5. The fourth-order valence-electron chi connectivity index (χ4n) is 2.51. The van der Waals surface area contributed by atoms with E-state index in [9.17, 15) is 4.79 Å². The summed E-state index contributed by atoms with van der Waals surface area (Å²) < 4.78 is 0. The monoisotopic (exact) mass is 282 g/mol. The van der Waals surface area contributed by atoms with Crippen LogP contribution in [0, 0.1) is 5.41 Å². The normalized spacial score (nSPS) is 17.9. The predicted molar refractivity (Wildman–Crippen MR) is 83.7 cm³/mol. The summed E-state index contributed by atoms with van der Waals surface area (Å²) in [5.74, 6) is 0.717. The topological polar surface area (TPSA) is 61.4 Å². The molecule has 0 aliphatic carbocycles. The highest BCUT2D eigenvalue weighted by molar-refractivity contribution is 6.15. The van der Waals surface area contributed by atoms with Gasteiger partial charge in [-0.25, -0.2) is 9.98 Å². The van der Waals surface area contributed by atoms with Crippen LogP contribution in [0.5, 0.6) is 0 Å². The largest absolute Gasteiger partial charge is 0.346 e. The first-order valence-electron chi connectivity index (χ1n) is 6.89. The number of H-pyrrole nitrogens is 1. The van der Waals surface area contributed by atoms with Crippen LogP contribution in [0.4, 0.5) is 0 Å². The van der Waals surface area contributed by atoms with Crippen LogP contribution in [0.15, 0.2) is 35.2 Å². The second kappa shape index (κ2) is 4.55. The van der Waals surface area contributed by atoms with Gasteiger partial charge in [-0.2, -0.15) is 0 Å². The predicted octanol–water partition coefficient (Wildman–Crippen LogP) is 2.82. The molecule has 0 saturated carbocycles. The third-order valence-corrected chi connectivity index (χ3v) is 3.51. The molecule has 2 aromatic heterocycles. The fourth-order valence-corrected chi connectivity index (χ4v) is 2.51. The summed E-state index contributed by atoms with van der Waals surface area (Å²) >= 11 is 0. The van der Waals surface area contributed by atoms with E-state index < -0.39 is 0 Å². The van der Waals surface area contributed by atoms with Crippen LogP contribution in [-0.4, -0.2) is 33.7 Å². The van der Waals surface area contributed by atoms with Gasteiger partial charge in [-0.1, -0.05) is 20.8 Å². The molecule has 1 N–H and O–H groups in total. The summed E-state index contributed by atoms with van der Waals surface area (Å²) in [6.45, 7) is 6.15. The van der Waals surface area contributed by atoms with Gasteiger partial charge in [0.2, 0.25) is 0 Å². The number of nitrogens with one attached hydrogen (secondary N) is 1. The molecule has 0 fully saturated rings. The lowest BCUT2D eigenvalue weighted by Crippen LogP contribution is -2.36. The molecule has 5 heteroatoms. The Hall–Kier alpha value is -2.43. The first-order chi connectivity index (χ1) is 9.88. The summed E-state index contributed by atoms with van der Waals surface area (Å²) in [5, 5.41) is 0.986. The number of aliphatic imine (C=N–C) groups is 1. The second-order valence-electron chi connectivity index (χ2n) is 6.22. The zero-order valence-corrected chi connectivity index (χ0v) is 12.6. The number of pyridine rings is 1. The number of amides is 1. The van der Waals surface area contributed by atoms with Crippen molar-refractivity contribution in [2.45, 2.75) is 20.8 Å². The molecule has 0 spiro atoms. The Kier molecular flexibility index (Phi) is 2.93. The van der Waals surface area contributed by atoms with Crippen molar-refractivity contribution in [1.82, 2.24) is 14.9 Å².